The first-order valence-electron chi connectivity index (χ1n) is 10.6. The average molecular weight is 468 g/mol. The van der Waals surface area contributed by atoms with Crippen molar-refractivity contribution >= 4 is 29.3 Å². The zero-order valence-corrected chi connectivity index (χ0v) is 19.0. The minimum atomic E-state index is 0.587. The molecule has 0 aliphatic carbocycles. The molecular weight excluding hydrogens is 446 g/mol. The number of benzene rings is 1. The van der Waals surface area contributed by atoms with Crippen molar-refractivity contribution in [2.75, 3.05) is 23.7 Å². The van der Waals surface area contributed by atoms with Gasteiger partial charge in [0.15, 0.2) is 5.16 Å². The van der Waals surface area contributed by atoms with Crippen LogP contribution >= 0.6 is 23.4 Å². The van der Waals surface area contributed by atoms with Crippen LogP contribution in [0.15, 0.2) is 58.5 Å². The molecule has 0 atom stereocenters. The molecule has 0 spiro atoms. The second-order valence-electron chi connectivity index (χ2n) is 7.46. The Morgan fingerprint density at radius 3 is 2.66 bits per heavy atom. The van der Waals surface area contributed by atoms with Gasteiger partial charge in [-0.1, -0.05) is 40.7 Å². The van der Waals surface area contributed by atoms with Gasteiger partial charge < -0.3 is 9.42 Å². The number of aromatic nitrogens is 6. The van der Waals surface area contributed by atoms with E-state index in [9.17, 15) is 0 Å². The monoisotopic (exact) mass is 467 g/mol. The predicted octanol–water partition coefficient (Wildman–Crippen LogP) is 4.69. The quantitative estimate of drug-likeness (QED) is 0.272. The van der Waals surface area contributed by atoms with Crippen LogP contribution in [0.5, 0.6) is 0 Å². The number of pyridine rings is 1. The molecule has 3 aromatic heterocycles. The van der Waals surface area contributed by atoms with E-state index in [4.69, 9.17) is 16.1 Å². The lowest BCUT2D eigenvalue weighted by Crippen LogP contribution is -2.22. The largest absolute Gasteiger partial charge is 0.341 e. The first-order chi connectivity index (χ1) is 15.8. The summed E-state index contributed by atoms with van der Waals surface area (Å²) in [5.41, 5.74) is 1.80. The number of anilines is 1. The lowest BCUT2D eigenvalue weighted by atomic mass is 10.2. The van der Waals surface area contributed by atoms with E-state index >= 15 is 0 Å². The van der Waals surface area contributed by atoms with E-state index in [-0.39, 0.29) is 0 Å². The Morgan fingerprint density at radius 2 is 1.84 bits per heavy atom. The maximum absolute atomic E-state index is 6.52. The first-order valence-corrected chi connectivity index (χ1v) is 12.0. The third-order valence-corrected chi connectivity index (χ3v) is 6.61. The molecule has 32 heavy (non-hydrogen) atoms. The molecule has 0 N–H and O–H groups in total. The molecule has 0 amide bonds. The van der Waals surface area contributed by atoms with Gasteiger partial charge in [-0.15, -0.1) is 10.2 Å². The van der Waals surface area contributed by atoms with Crippen LogP contribution in [0, 0.1) is 0 Å². The van der Waals surface area contributed by atoms with Crippen molar-refractivity contribution in [2.45, 2.75) is 30.8 Å². The van der Waals surface area contributed by atoms with Crippen LogP contribution in [0.4, 0.5) is 5.95 Å². The Bertz CT molecular complexity index is 1170. The van der Waals surface area contributed by atoms with Crippen molar-refractivity contribution in [3.8, 4) is 17.1 Å². The van der Waals surface area contributed by atoms with E-state index in [1.807, 2.05) is 36.4 Å². The Morgan fingerprint density at radius 1 is 1.03 bits per heavy atom. The molecule has 8 nitrogen and oxygen atoms in total. The van der Waals surface area contributed by atoms with Crippen molar-refractivity contribution in [3.63, 3.8) is 0 Å². The summed E-state index contributed by atoms with van der Waals surface area (Å²) in [6, 6.07) is 11.6. The highest BCUT2D eigenvalue weighted by Gasteiger charge is 2.23. The van der Waals surface area contributed by atoms with Crippen molar-refractivity contribution in [1.29, 1.82) is 0 Å². The summed E-state index contributed by atoms with van der Waals surface area (Å²) in [4.78, 5) is 10.8. The van der Waals surface area contributed by atoms with Gasteiger partial charge in [-0.25, -0.2) is 0 Å². The molecule has 4 heterocycles. The zero-order valence-electron chi connectivity index (χ0n) is 17.4. The molecule has 10 heteroatoms. The zero-order chi connectivity index (χ0) is 21.8. The Labute approximate surface area is 195 Å². The number of hydrogen-bond donors (Lipinski definition) is 0. The van der Waals surface area contributed by atoms with Crippen molar-refractivity contribution in [1.82, 2.24) is 29.9 Å². The van der Waals surface area contributed by atoms with E-state index in [1.54, 1.807) is 24.2 Å². The van der Waals surface area contributed by atoms with E-state index in [0.29, 0.717) is 23.2 Å². The fourth-order valence-electron chi connectivity index (χ4n) is 3.68. The molecule has 1 fully saturated rings. The van der Waals surface area contributed by atoms with Crippen LogP contribution in [0.2, 0.25) is 5.02 Å². The summed E-state index contributed by atoms with van der Waals surface area (Å²) in [6.45, 7) is 1.98. The van der Waals surface area contributed by atoms with Crippen molar-refractivity contribution in [2.24, 2.45) is 0 Å². The van der Waals surface area contributed by atoms with Gasteiger partial charge in [0, 0.05) is 43.2 Å². The molecule has 0 saturated carbocycles. The number of aryl methyl sites for hydroxylation is 1. The number of halogens is 1. The summed E-state index contributed by atoms with van der Waals surface area (Å²) in [5.74, 6) is 2.92. The molecule has 1 aromatic carbocycles. The number of hydrogen-bond acceptors (Lipinski definition) is 8. The van der Waals surface area contributed by atoms with Crippen LogP contribution in [0.3, 0.4) is 0 Å². The summed E-state index contributed by atoms with van der Waals surface area (Å²) in [7, 11) is 0. The van der Waals surface area contributed by atoms with Crippen LogP contribution in [0.1, 0.15) is 25.2 Å². The van der Waals surface area contributed by atoms with Gasteiger partial charge in [0.25, 0.3) is 0 Å². The molecule has 4 aromatic rings. The molecular formula is C22H22ClN7OS. The molecule has 1 aliphatic heterocycles. The van der Waals surface area contributed by atoms with Gasteiger partial charge in [-0.05, 0) is 43.5 Å². The summed E-state index contributed by atoms with van der Waals surface area (Å²) in [5, 5.41) is 14.6. The van der Waals surface area contributed by atoms with Gasteiger partial charge in [-0.3, -0.25) is 9.55 Å². The minimum absolute atomic E-state index is 0.587. The summed E-state index contributed by atoms with van der Waals surface area (Å²) in [6.07, 6.45) is 7.34. The van der Waals surface area contributed by atoms with Crippen molar-refractivity contribution < 1.29 is 4.52 Å². The molecule has 0 radical (unpaired) electrons. The van der Waals surface area contributed by atoms with Gasteiger partial charge in [0.05, 0.1) is 10.7 Å². The van der Waals surface area contributed by atoms with Crippen LogP contribution in [-0.4, -0.2) is 48.7 Å². The predicted molar refractivity (Wildman–Crippen MR) is 124 cm³/mol. The Kier molecular flexibility index (Phi) is 6.36. The highest BCUT2D eigenvalue weighted by atomic mass is 35.5. The lowest BCUT2D eigenvalue weighted by molar-refractivity contribution is 0.378. The molecule has 0 bridgehead atoms. The van der Waals surface area contributed by atoms with Crippen LogP contribution < -0.4 is 4.90 Å². The molecule has 164 valence electrons. The molecule has 1 saturated heterocycles. The maximum Gasteiger partial charge on any atom is 0.232 e. The fourth-order valence-corrected chi connectivity index (χ4v) is 4.78. The Hall–Kier alpha value is -2.91. The second kappa shape index (κ2) is 9.70. The third-order valence-electron chi connectivity index (χ3n) is 5.27. The number of rotatable bonds is 8. The lowest BCUT2D eigenvalue weighted by Gasteiger charge is -2.19. The highest BCUT2D eigenvalue weighted by molar-refractivity contribution is 7.99. The number of thioether (sulfide) groups is 1. The standard InChI is InChI=1S/C22H22ClN7OS/c23-17-6-1-2-7-18(17)30-21(29-13-3-4-14-29)26-27-22(30)32-15-5-8-19-25-20(28-31-19)16-9-11-24-12-10-16/h1-2,6-7,9-12H,3-5,8,13-15H2. The van der Waals surface area contributed by atoms with Gasteiger partial charge in [0.2, 0.25) is 17.7 Å². The molecule has 1 aliphatic rings. The van der Waals surface area contributed by atoms with E-state index in [2.05, 4.69) is 34.8 Å². The molecule has 0 unspecified atom stereocenters. The minimum Gasteiger partial charge on any atom is -0.341 e. The normalized spacial score (nSPS) is 13.7. The Balaban J connectivity index is 1.27. The number of para-hydroxylation sites is 1. The smallest absolute Gasteiger partial charge is 0.232 e. The summed E-state index contributed by atoms with van der Waals surface area (Å²) >= 11 is 8.18. The molecule has 5 rings (SSSR count). The SMILES string of the molecule is Clc1ccccc1-n1c(SCCCc2nc(-c3ccncc3)no2)nnc1N1CCCC1. The van der Waals surface area contributed by atoms with Gasteiger partial charge >= 0.3 is 0 Å². The van der Waals surface area contributed by atoms with Crippen LogP contribution in [0.25, 0.3) is 17.1 Å². The fraction of sp³-hybridized carbons (Fsp3) is 0.318. The van der Waals surface area contributed by atoms with E-state index < -0.39 is 0 Å². The third kappa shape index (κ3) is 4.49. The highest BCUT2D eigenvalue weighted by Crippen LogP contribution is 2.32. The topological polar surface area (TPSA) is 85.8 Å². The van der Waals surface area contributed by atoms with Crippen LogP contribution in [-0.2, 0) is 6.42 Å². The second-order valence-corrected chi connectivity index (χ2v) is 8.93. The summed E-state index contributed by atoms with van der Waals surface area (Å²) < 4.78 is 7.48. The average Bonchev–Trinajstić information content (AvgIpc) is 3.58. The first kappa shape index (κ1) is 21.0. The van der Waals surface area contributed by atoms with Gasteiger partial charge in [-0.2, -0.15) is 4.98 Å². The van der Waals surface area contributed by atoms with Crippen molar-refractivity contribution in [3.05, 3.63) is 59.7 Å². The maximum atomic E-state index is 6.52. The van der Waals surface area contributed by atoms with E-state index in [0.717, 1.165) is 47.6 Å². The number of nitrogens with zero attached hydrogens (tertiary/aromatic N) is 7. The van der Waals surface area contributed by atoms with E-state index in [1.165, 1.54) is 12.8 Å². The van der Waals surface area contributed by atoms with Gasteiger partial charge in [0.1, 0.15) is 0 Å².